The molecular weight excluding hydrogens is 112 g/mol. The average Bonchev–Trinajstić information content (AvgIpc) is 1.67. The number of aliphatic hydroxyl groups is 2. The van der Waals surface area contributed by atoms with Gasteiger partial charge in [-0.25, -0.2) is 4.79 Å². The van der Waals surface area contributed by atoms with Crippen LogP contribution < -0.4 is 0 Å². The van der Waals surface area contributed by atoms with Crippen LogP contribution in [0.15, 0.2) is 0 Å². The Labute approximate surface area is 46.4 Å². The van der Waals surface area contributed by atoms with Crippen LogP contribution >= 0.6 is 0 Å². The average molecular weight is 119 g/mol. The van der Waals surface area contributed by atoms with Crippen molar-refractivity contribution in [1.29, 1.82) is 0 Å². The highest BCUT2D eigenvalue weighted by Gasteiger charge is 2.28. The number of carbonyl (C=O) groups is 1. The number of carboxylic acids is 1. The lowest BCUT2D eigenvalue weighted by Crippen LogP contribution is -2.35. The van der Waals surface area contributed by atoms with Gasteiger partial charge in [0.15, 0.2) is 5.60 Å². The quantitative estimate of drug-likeness (QED) is 0.451. The summed E-state index contributed by atoms with van der Waals surface area (Å²) in [4.78, 5) is 9.81. The van der Waals surface area contributed by atoms with E-state index in [1.165, 1.54) is 0 Å². The summed E-state index contributed by atoms with van der Waals surface area (Å²) in [6, 6.07) is 0. The molecule has 0 fully saturated rings. The third kappa shape index (κ3) is 1.48. The lowest BCUT2D eigenvalue weighted by Gasteiger charge is -2.11. The van der Waals surface area contributed by atoms with Crippen LogP contribution in [0.4, 0.5) is 0 Å². The fourth-order valence-corrected chi connectivity index (χ4v) is 0.0552. The van der Waals surface area contributed by atoms with Gasteiger partial charge in [-0.2, -0.15) is 0 Å². The van der Waals surface area contributed by atoms with Crippen molar-refractivity contribution in [2.24, 2.45) is 0 Å². The third-order valence-corrected chi connectivity index (χ3v) is 0.684. The van der Waals surface area contributed by atoms with Gasteiger partial charge in [0.2, 0.25) is 0 Å². The number of aliphatic hydroxyl groups excluding tert-OH is 1. The van der Waals surface area contributed by atoms with Crippen LogP contribution in [-0.2, 0) is 4.79 Å². The molecule has 0 aliphatic carbocycles. The summed E-state index contributed by atoms with van der Waals surface area (Å²) in [7, 11) is 0. The Hall–Kier alpha value is -0.610. The molecular formula is C4H7O4. The van der Waals surface area contributed by atoms with E-state index in [0.29, 0.717) is 0 Å². The Bertz CT molecular complexity index is 96.2. The predicted octanol–water partition coefficient (Wildman–Crippen LogP) is -0.644. The van der Waals surface area contributed by atoms with Crippen LogP contribution in [0.1, 0.15) is 6.92 Å². The molecule has 3 N–H and O–H groups in total. The van der Waals surface area contributed by atoms with Gasteiger partial charge in [0, 0.05) is 0 Å². The first-order valence-electron chi connectivity index (χ1n) is 1.95. The van der Waals surface area contributed by atoms with Gasteiger partial charge in [0.25, 0.3) is 0 Å². The summed E-state index contributed by atoms with van der Waals surface area (Å²) in [5.74, 6) is -1.47. The van der Waals surface area contributed by atoms with E-state index in [-0.39, 0.29) is 6.61 Å². The maximum absolute atomic E-state index is 9.81. The molecule has 0 aliphatic heterocycles. The fraction of sp³-hybridized carbons (Fsp3) is 0.500. The van der Waals surface area contributed by atoms with Gasteiger partial charge in [-0.3, -0.25) is 0 Å². The smallest absolute Gasteiger partial charge is 0.338 e. The summed E-state index contributed by atoms with van der Waals surface area (Å²) in [6.45, 7) is 1.19. The second kappa shape index (κ2) is 2.11. The summed E-state index contributed by atoms with van der Waals surface area (Å²) in [6.07, 6.45) is 0. The first-order valence-corrected chi connectivity index (χ1v) is 1.95. The zero-order valence-corrected chi connectivity index (χ0v) is 4.33. The van der Waals surface area contributed by atoms with E-state index < -0.39 is 11.6 Å². The first-order chi connectivity index (χ1) is 3.50. The molecule has 0 aromatic rings. The molecule has 1 atom stereocenters. The summed E-state index contributed by atoms with van der Waals surface area (Å²) in [5.41, 5.74) is -2.11. The molecule has 0 aromatic carbocycles. The Morgan fingerprint density at radius 2 is 2.12 bits per heavy atom. The van der Waals surface area contributed by atoms with Crippen molar-refractivity contribution in [3.05, 3.63) is 6.61 Å². The minimum Gasteiger partial charge on any atom is -0.479 e. The zero-order valence-electron chi connectivity index (χ0n) is 4.33. The monoisotopic (exact) mass is 119 g/mol. The number of hydrogen-bond acceptors (Lipinski definition) is 3. The number of hydrogen-bond donors (Lipinski definition) is 3. The second-order valence-electron chi connectivity index (χ2n) is 1.58. The molecule has 0 aliphatic rings. The fourth-order valence-electron chi connectivity index (χ4n) is 0.0552. The Kier molecular flexibility index (Phi) is 1.94. The molecule has 0 amide bonds. The molecule has 1 radical (unpaired) electrons. The van der Waals surface area contributed by atoms with Crippen molar-refractivity contribution in [3.8, 4) is 0 Å². The lowest BCUT2D eigenvalue weighted by molar-refractivity contribution is -0.156. The van der Waals surface area contributed by atoms with E-state index in [0.717, 1.165) is 6.92 Å². The van der Waals surface area contributed by atoms with Gasteiger partial charge in [-0.1, -0.05) is 0 Å². The molecule has 0 saturated heterocycles. The molecule has 0 spiro atoms. The molecule has 0 rings (SSSR count). The summed E-state index contributed by atoms with van der Waals surface area (Å²) in [5, 5.41) is 24.5. The minimum absolute atomic E-state index is 0.218. The van der Waals surface area contributed by atoms with Crippen molar-refractivity contribution >= 4 is 5.97 Å². The third-order valence-electron chi connectivity index (χ3n) is 0.684. The Morgan fingerprint density at radius 1 is 1.75 bits per heavy atom. The SMILES string of the molecule is CC(O)([CH]O)C(=O)O. The van der Waals surface area contributed by atoms with E-state index >= 15 is 0 Å². The number of rotatable bonds is 2. The predicted molar refractivity (Wildman–Crippen MR) is 24.5 cm³/mol. The van der Waals surface area contributed by atoms with E-state index in [4.69, 9.17) is 15.3 Å². The molecule has 8 heavy (non-hydrogen) atoms. The van der Waals surface area contributed by atoms with Crippen LogP contribution in [0, 0.1) is 6.61 Å². The van der Waals surface area contributed by atoms with E-state index in [9.17, 15) is 4.79 Å². The maximum atomic E-state index is 9.81. The molecule has 0 saturated carbocycles. The van der Waals surface area contributed by atoms with Crippen LogP contribution in [0.25, 0.3) is 0 Å². The van der Waals surface area contributed by atoms with Crippen molar-refractivity contribution in [1.82, 2.24) is 0 Å². The zero-order chi connectivity index (χ0) is 6.78. The van der Waals surface area contributed by atoms with E-state index in [1.54, 1.807) is 0 Å². The topological polar surface area (TPSA) is 77.8 Å². The maximum Gasteiger partial charge on any atom is 0.338 e. The Morgan fingerprint density at radius 3 is 2.12 bits per heavy atom. The van der Waals surface area contributed by atoms with Gasteiger partial charge in [0.05, 0.1) is 0 Å². The molecule has 4 heteroatoms. The standard InChI is InChI=1S/C4H7O4/c1-4(8,2-5)3(6)7/h2,5,8H,1H3,(H,6,7). The van der Waals surface area contributed by atoms with Gasteiger partial charge >= 0.3 is 5.97 Å². The van der Waals surface area contributed by atoms with E-state index in [1.807, 2.05) is 0 Å². The molecule has 0 bridgehead atoms. The highest BCUT2D eigenvalue weighted by atomic mass is 16.4. The van der Waals surface area contributed by atoms with Crippen molar-refractivity contribution in [2.75, 3.05) is 0 Å². The van der Waals surface area contributed by atoms with Crippen LogP contribution in [0.5, 0.6) is 0 Å². The first kappa shape index (κ1) is 7.39. The van der Waals surface area contributed by atoms with Crippen LogP contribution in [0.3, 0.4) is 0 Å². The summed E-state index contributed by atoms with van der Waals surface area (Å²) < 4.78 is 0. The van der Waals surface area contributed by atoms with Gasteiger partial charge < -0.3 is 15.3 Å². The highest BCUT2D eigenvalue weighted by molar-refractivity contribution is 5.77. The minimum atomic E-state index is -2.11. The second-order valence-corrected chi connectivity index (χ2v) is 1.58. The normalized spacial score (nSPS) is 17.4. The number of aliphatic carboxylic acids is 1. The largest absolute Gasteiger partial charge is 0.479 e. The van der Waals surface area contributed by atoms with Crippen molar-refractivity contribution < 1.29 is 20.1 Å². The molecule has 4 nitrogen and oxygen atoms in total. The van der Waals surface area contributed by atoms with Gasteiger partial charge in [0.1, 0.15) is 6.61 Å². The molecule has 0 heterocycles. The Balaban J connectivity index is 3.91. The molecule has 47 valence electrons. The number of carboxylic acid groups (broad SMARTS) is 1. The van der Waals surface area contributed by atoms with Crippen LogP contribution in [0.2, 0.25) is 0 Å². The highest BCUT2D eigenvalue weighted by Crippen LogP contribution is 2.03. The van der Waals surface area contributed by atoms with Gasteiger partial charge in [-0.15, -0.1) is 0 Å². The lowest BCUT2D eigenvalue weighted by atomic mass is 10.1. The van der Waals surface area contributed by atoms with Crippen molar-refractivity contribution in [3.63, 3.8) is 0 Å². The van der Waals surface area contributed by atoms with Crippen molar-refractivity contribution in [2.45, 2.75) is 12.5 Å². The van der Waals surface area contributed by atoms with Gasteiger partial charge in [-0.05, 0) is 6.92 Å². The van der Waals surface area contributed by atoms with E-state index in [2.05, 4.69) is 0 Å². The summed E-state index contributed by atoms with van der Waals surface area (Å²) >= 11 is 0. The van der Waals surface area contributed by atoms with Crippen LogP contribution in [-0.4, -0.2) is 26.9 Å². The molecule has 1 unspecified atom stereocenters. The molecule has 0 aromatic heterocycles.